The number of carbonyl (C=O) groups excluding carboxylic acids is 3. The number of methoxy groups -OCH3 is 2. The van der Waals surface area contributed by atoms with Crippen molar-refractivity contribution in [3.05, 3.63) is 53.6 Å². The van der Waals surface area contributed by atoms with E-state index < -0.39 is 17.8 Å². The first-order valence-corrected chi connectivity index (χ1v) is 8.56. The van der Waals surface area contributed by atoms with Gasteiger partial charge in [-0.15, -0.1) is 0 Å². The molecule has 0 saturated heterocycles. The minimum absolute atomic E-state index is 0.0762. The van der Waals surface area contributed by atoms with Crippen LogP contribution in [0.5, 0.6) is 5.75 Å². The van der Waals surface area contributed by atoms with Crippen LogP contribution in [0, 0.1) is 0 Å². The highest BCUT2D eigenvalue weighted by Crippen LogP contribution is 2.24. The highest BCUT2D eigenvalue weighted by molar-refractivity contribution is 6.04. The van der Waals surface area contributed by atoms with E-state index in [0.29, 0.717) is 18.0 Å². The van der Waals surface area contributed by atoms with E-state index in [9.17, 15) is 14.4 Å². The van der Waals surface area contributed by atoms with Crippen LogP contribution in [0.4, 0.5) is 11.4 Å². The molecule has 0 aliphatic carbocycles. The Bertz CT molecular complexity index is 866. The third kappa shape index (κ3) is 5.23. The lowest BCUT2D eigenvalue weighted by atomic mass is 10.1. The van der Waals surface area contributed by atoms with Crippen molar-refractivity contribution in [2.75, 3.05) is 38.0 Å². The van der Waals surface area contributed by atoms with E-state index in [4.69, 9.17) is 9.47 Å². The minimum atomic E-state index is -0.638. The van der Waals surface area contributed by atoms with Crippen LogP contribution < -0.4 is 15.4 Å². The number of benzene rings is 2. The van der Waals surface area contributed by atoms with Crippen molar-refractivity contribution in [2.24, 2.45) is 0 Å². The maximum Gasteiger partial charge on any atom is 0.339 e. The smallest absolute Gasteiger partial charge is 0.339 e. The molecule has 0 saturated carbocycles. The molecule has 8 heteroatoms. The summed E-state index contributed by atoms with van der Waals surface area (Å²) in [4.78, 5) is 36.1. The number of ether oxygens (including phenoxy) is 3. The first kappa shape index (κ1) is 20.8. The number of para-hydroxylation sites is 2. The third-order valence-corrected chi connectivity index (χ3v) is 3.75. The summed E-state index contributed by atoms with van der Waals surface area (Å²) in [5, 5.41) is 5.60. The van der Waals surface area contributed by atoms with Gasteiger partial charge in [-0.25, -0.2) is 9.59 Å². The summed E-state index contributed by atoms with van der Waals surface area (Å²) in [5.41, 5.74) is 1.13. The van der Waals surface area contributed by atoms with E-state index in [1.807, 2.05) is 19.1 Å². The number of rotatable bonds is 8. The Balaban J connectivity index is 2.16. The van der Waals surface area contributed by atoms with Crippen LogP contribution in [-0.2, 0) is 14.3 Å². The van der Waals surface area contributed by atoms with E-state index in [0.717, 1.165) is 0 Å². The van der Waals surface area contributed by atoms with Gasteiger partial charge >= 0.3 is 11.9 Å². The van der Waals surface area contributed by atoms with Crippen molar-refractivity contribution in [1.82, 2.24) is 0 Å². The molecule has 2 rings (SSSR count). The highest BCUT2D eigenvalue weighted by Gasteiger charge is 2.17. The Morgan fingerprint density at radius 3 is 2.32 bits per heavy atom. The van der Waals surface area contributed by atoms with E-state index in [1.54, 1.807) is 12.1 Å². The Hall–Kier alpha value is -3.55. The zero-order valence-electron chi connectivity index (χ0n) is 15.9. The van der Waals surface area contributed by atoms with Gasteiger partial charge in [0, 0.05) is 0 Å². The molecule has 0 atom stereocenters. The third-order valence-electron chi connectivity index (χ3n) is 3.75. The number of esters is 2. The van der Waals surface area contributed by atoms with Gasteiger partial charge in [-0.1, -0.05) is 12.1 Å². The maximum absolute atomic E-state index is 12.4. The van der Waals surface area contributed by atoms with E-state index in [-0.39, 0.29) is 23.4 Å². The second kappa shape index (κ2) is 9.96. The summed E-state index contributed by atoms with van der Waals surface area (Å²) < 4.78 is 14.9. The molecule has 1 amide bonds. The Kier molecular flexibility index (Phi) is 7.38. The second-order valence-electron chi connectivity index (χ2n) is 5.57. The summed E-state index contributed by atoms with van der Waals surface area (Å²) in [6.07, 6.45) is 0. The lowest BCUT2D eigenvalue weighted by Crippen LogP contribution is -2.23. The standard InChI is InChI=1S/C20H22N2O6/c1-4-28-17-8-6-5-7-15(17)21-12-18(23)22-16-11-13(19(24)26-2)9-10-14(16)20(25)27-3/h5-11,21H,4,12H2,1-3H3,(H,22,23). The second-order valence-corrected chi connectivity index (χ2v) is 5.57. The molecule has 0 spiro atoms. The van der Waals surface area contributed by atoms with Gasteiger partial charge in [0.1, 0.15) is 5.75 Å². The van der Waals surface area contributed by atoms with Crippen LogP contribution in [0.2, 0.25) is 0 Å². The average Bonchev–Trinajstić information content (AvgIpc) is 2.72. The Labute approximate surface area is 162 Å². The zero-order chi connectivity index (χ0) is 20.5. The number of hydrogen-bond donors (Lipinski definition) is 2. The Morgan fingerprint density at radius 1 is 0.929 bits per heavy atom. The number of anilines is 2. The first-order valence-electron chi connectivity index (χ1n) is 8.56. The van der Waals surface area contributed by atoms with Crippen molar-refractivity contribution < 1.29 is 28.6 Å². The van der Waals surface area contributed by atoms with Gasteiger partial charge < -0.3 is 24.8 Å². The largest absolute Gasteiger partial charge is 0.492 e. The van der Waals surface area contributed by atoms with Gasteiger partial charge in [0.2, 0.25) is 5.91 Å². The van der Waals surface area contributed by atoms with Crippen molar-refractivity contribution in [2.45, 2.75) is 6.92 Å². The van der Waals surface area contributed by atoms with Crippen molar-refractivity contribution in [3.8, 4) is 5.75 Å². The molecule has 0 fully saturated rings. The van der Waals surface area contributed by atoms with Gasteiger partial charge in [-0.2, -0.15) is 0 Å². The Morgan fingerprint density at radius 2 is 1.64 bits per heavy atom. The molecule has 2 aromatic rings. The predicted molar refractivity (Wildman–Crippen MR) is 104 cm³/mol. The minimum Gasteiger partial charge on any atom is -0.492 e. The van der Waals surface area contributed by atoms with Gasteiger partial charge in [0.05, 0.1) is 49.9 Å². The van der Waals surface area contributed by atoms with E-state index >= 15 is 0 Å². The maximum atomic E-state index is 12.4. The van der Waals surface area contributed by atoms with Crippen LogP contribution in [0.25, 0.3) is 0 Å². The molecule has 0 aliphatic heterocycles. The fourth-order valence-electron chi connectivity index (χ4n) is 2.44. The van der Waals surface area contributed by atoms with Crippen LogP contribution in [0.1, 0.15) is 27.6 Å². The molecule has 0 aliphatic rings. The summed E-state index contributed by atoms with van der Waals surface area (Å²) >= 11 is 0. The number of carbonyl (C=O) groups is 3. The van der Waals surface area contributed by atoms with Gasteiger partial charge in [0.15, 0.2) is 0 Å². The molecule has 2 N–H and O–H groups in total. The molecule has 0 radical (unpaired) electrons. The predicted octanol–water partition coefficient (Wildman–Crippen LogP) is 2.71. The van der Waals surface area contributed by atoms with Gasteiger partial charge in [-0.05, 0) is 37.3 Å². The monoisotopic (exact) mass is 386 g/mol. The SMILES string of the molecule is CCOc1ccccc1NCC(=O)Nc1cc(C(=O)OC)ccc1C(=O)OC. The van der Waals surface area contributed by atoms with E-state index in [2.05, 4.69) is 15.4 Å². The van der Waals surface area contributed by atoms with Crippen LogP contribution in [-0.4, -0.2) is 45.2 Å². The molecule has 28 heavy (non-hydrogen) atoms. The summed E-state index contributed by atoms with van der Waals surface area (Å²) in [6, 6.07) is 11.4. The number of amides is 1. The van der Waals surface area contributed by atoms with Crippen molar-refractivity contribution >= 4 is 29.2 Å². The van der Waals surface area contributed by atoms with Crippen LogP contribution >= 0.6 is 0 Å². The van der Waals surface area contributed by atoms with Crippen molar-refractivity contribution in [3.63, 3.8) is 0 Å². The number of hydrogen-bond acceptors (Lipinski definition) is 7. The van der Waals surface area contributed by atoms with Crippen LogP contribution in [0.15, 0.2) is 42.5 Å². The molecule has 0 heterocycles. The normalized spacial score (nSPS) is 9.96. The fraction of sp³-hybridized carbons (Fsp3) is 0.250. The highest BCUT2D eigenvalue weighted by atomic mass is 16.5. The van der Waals surface area contributed by atoms with Crippen LogP contribution in [0.3, 0.4) is 0 Å². The van der Waals surface area contributed by atoms with Crippen molar-refractivity contribution in [1.29, 1.82) is 0 Å². The lowest BCUT2D eigenvalue weighted by Gasteiger charge is -2.14. The van der Waals surface area contributed by atoms with Gasteiger partial charge in [0.25, 0.3) is 0 Å². The fourth-order valence-corrected chi connectivity index (χ4v) is 2.44. The molecule has 148 valence electrons. The summed E-state index contributed by atoms with van der Waals surface area (Å²) in [5.74, 6) is -1.02. The molecule has 0 aromatic heterocycles. The van der Waals surface area contributed by atoms with E-state index in [1.165, 1.54) is 32.4 Å². The summed E-state index contributed by atoms with van der Waals surface area (Å²) in [7, 11) is 2.48. The lowest BCUT2D eigenvalue weighted by molar-refractivity contribution is -0.114. The number of nitrogens with one attached hydrogen (secondary N) is 2. The molecular weight excluding hydrogens is 364 g/mol. The van der Waals surface area contributed by atoms with Gasteiger partial charge in [-0.3, -0.25) is 4.79 Å². The molecule has 0 bridgehead atoms. The quantitative estimate of drug-likeness (QED) is 0.673. The average molecular weight is 386 g/mol. The summed E-state index contributed by atoms with van der Waals surface area (Å²) in [6.45, 7) is 2.28. The molecular formula is C20H22N2O6. The molecule has 8 nitrogen and oxygen atoms in total. The molecule has 0 unspecified atom stereocenters. The topological polar surface area (TPSA) is 103 Å². The first-order chi connectivity index (χ1) is 13.5. The zero-order valence-corrected chi connectivity index (χ0v) is 15.9. The molecule has 2 aromatic carbocycles.